The summed E-state index contributed by atoms with van der Waals surface area (Å²) in [5.41, 5.74) is 1.65. The molecular formula is C20H23N3O3. The van der Waals surface area contributed by atoms with Gasteiger partial charge in [0.15, 0.2) is 11.5 Å². The van der Waals surface area contributed by atoms with E-state index >= 15 is 0 Å². The van der Waals surface area contributed by atoms with Gasteiger partial charge in [-0.2, -0.15) is 0 Å². The first-order valence-electron chi connectivity index (χ1n) is 9.15. The van der Waals surface area contributed by atoms with Crippen LogP contribution in [0.15, 0.2) is 51.5 Å². The van der Waals surface area contributed by atoms with Crippen LogP contribution in [-0.2, 0) is 17.8 Å². The Kier molecular flexibility index (Phi) is 5.02. The number of piperidine rings is 1. The van der Waals surface area contributed by atoms with Gasteiger partial charge in [-0.3, -0.25) is 9.69 Å². The Labute approximate surface area is 152 Å². The number of para-hydroxylation sites is 2. The molecule has 136 valence electrons. The van der Waals surface area contributed by atoms with Crippen LogP contribution in [0, 0.1) is 5.92 Å². The summed E-state index contributed by atoms with van der Waals surface area (Å²) in [6.07, 6.45) is 4.08. The number of nitrogens with one attached hydrogen (secondary N) is 1. The van der Waals surface area contributed by atoms with Gasteiger partial charge < -0.3 is 14.2 Å². The van der Waals surface area contributed by atoms with Crippen LogP contribution < -0.4 is 5.32 Å². The van der Waals surface area contributed by atoms with E-state index in [2.05, 4.69) is 15.2 Å². The Hall–Kier alpha value is -2.60. The fourth-order valence-corrected chi connectivity index (χ4v) is 3.44. The van der Waals surface area contributed by atoms with Gasteiger partial charge >= 0.3 is 0 Å². The summed E-state index contributed by atoms with van der Waals surface area (Å²) in [4.78, 5) is 19.2. The third kappa shape index (κ3) is 3.96. The molecule has 1 aliphatic heterocycles. The quantitative estimate of drug-likeness (QED) is 0.738. The molecule has 2 aromatic heterocycles. The highest BCUT2D eigenvalue weighted by molar-refractivity contribution is 5.78. The number of furan rings is 1. The SMILES string of the molecule is O=C(NCCc1nc2ccccc2o1)C1CCN(Cc2ccco2)CC1. The number of carbonyl (C=O) groups is 1. The maximum atomic E-state index is 12.4. The zero-order valence-electron chi connectivity index (χ0n) is 14.7. The van der Waals surface area contributed by atoms with E-state index in [-0.39, 0.29) is 11.8 Å². The van der Waals surface area contributed by atoms with E-state index < -0.39 is 0 Å². The molecule has 6 nitrogen and oxygen atoms in total. The minimum atomic E-state index is 0.0893. The fourth-order valence-electron chi connectivity index (χ4n) is 3.44. The van der Waals surface area contributed by atoms with Gasteiger partial charge in [0.25, 0.3) is 0 Å². The molecular weight excluding hydrogens is 330 g/mol. The monoisotopic (exact) mass is 353 g/mol. The Balaban J connectivity index is 1.20. The molecule has 1 fully saturated rings. The Morgan fingerprint density at radius 1 is 1.19 bits per heavy atom. The number of rotatable bonds is 6. The van der Waals surface area contributed by atoms with Crippen LogP contribution in [0.4, 0.5) is 0 Å². The minimum Gasteiger partial charge on any atom is -0.468 e. The van der Waals surface area contributed by atoms with E-state index in [1.807, 2.05) is 36.4 Å². The molecule has 0 spiro atoms. The molecule has 1 saturated heterocycles. The number of carbonyl (C=O) groups excluding carboxylic acids is 1. The summed E-state index contributed by atoms with van der Waals surface area (Å²) in [6.45, 7) is 3.21. The van der Waals surface area contributed by atoms with Gasteiger partial charge in [-0.25, -0.2) is 4.98 Å². The molecule has 3 heterocycles. The molecule has 6 heteroatoms. The van der Waals surface area contributed by atoms with Crippen LogP contribution in [-0.4, -0.2) is 35.4 Å². The van der Waals surface area contributed by atoms with Gasteiger partial charge in [0.2, 0.25) is 5.91 Å². The first-order valence-corrected chi connectivity index (χ1v) is 9.15. The number of amides is 1. The lowest BCUT2D eigenvalue weighted by molar-refractivity contribution is -0.126. The maximum Gasteiger partial charge on any atom is 0.223 e. The second-order valence-corrected chi connectivity index (χ2v) is 6.75. The van der Waals surface area contributed by atoms with Crippen molar-refractivity contribution in [3.05, 3.63) is 54.3 Å². The molecule has 1 aliphatic rings. The van der Waals surface area contributed by atoms with Crippen molar-refractivity contribution in [2.75, 3.05) is 19.6 Å². The van der Waals surface area contributed by atoms with E-state index in [1.54, 1.807) is 6.26 Å². The number of nitrogens with zero attached hydrogens (tertiary/aromatic N) is 2. The molecule has 3 aromatic rings. The highest BCUT2D eigenvalue weighted by Gasteiger charge is 2.25. The summed E-state index contributed by atoms with van der Waals surface area (Å²) >= 11 is 0. The lowest BCUT2D eigenvalue weighted by atomic mass is 9.96. The van der Waals surface area contributed by atoms with Crippen LogP contribution in [0.1, 0.15) is 24.5 Å². The molecule has 4 rings (SSSR count). The van der Waals surface area contributed by atoms with Crippen LogP contribution in [0.2, 0.25) is 0 Å². The molecule has 0 atom stereocenters. The summed E-state index contributed by atoms with van der Waals surface area (Å²) in [7, 11) is 0. The molecule has 0 saturated carbocycles. The average Bonchev–Trinajstić information content (AvgIpc) is 3.31. The van der Waals surface area contributed by atoms with Crippen LogP contribution in [0.25, 0.3) is 11.1 Å². The molecule has 0 unspecified atom stereocenters. The van der Waals surface area contributed by atoms with E-state index in [1.165, 1.54) is 0 Å². The Morgan fingerprint density at radius 2 is 2.04 bits per heavy atom. The molecule has 1 amide bonds. The van der Waals surface area contributed by atoms with Gasteiger partial charge in [0.1, 0.15) is 11.3 Å². The van der Waals surface area contributed by atoms with E-state index in [4.69, 9.17) is 8.83 Å². The lowest BCUT2D eigenvalue weighted by Crippen LogP contribution is -2.40. The standard InChI is InChI=1S/C20H23N3O3/c24-20(15-8-11-23(12-9-15)14-16-4-3-13-25-16)21-10-7-19-22-17-5-1-2-6-18(17)26-19/h1-6,13,15H,7-12,14H2,(H,21,24). The van der Waals surface area contributed by atoms with Gasteiger partial charge in [-0.15, -0.1) is 0 Å². The first-order chi connectivity index (χ1) is 12.8. The first kappa shape index (κ1) is 16.8. The number of fused-ring (bicyclic) bond motifs is 1. The van der Waals surface area contributed by atoms with Crippen molar-refractivity contribution in [2.45, 2.75) is 25.8 Å². The molecule has 26 heavy (non-hydrogen) atoms. The number of aromatic nitrogens is 1. The van der Waals surface area contributed by atoms with E-state index in [0.29, 0.717) is 18.9 Å². The third-order valence-corrected chi connectivity index (χ3v) is 4.89. The number of hydrogen-bond acceptors (Lipinski definition) is 5. The highest BCUT2D eigenvalue weighted by atomic mass is 16.3. The van der Waals surface area contributed by atoms with Crippen molar-refractivity contribution >= 4 is 17.0 Å². The van der Waals surface area contributed by atoms with Gasteiger partial charge in [-0.05, 0) is 50.2 Å². The summed E-state index contributed by atoms with van der Waals surface area (Å²) < 4.78 is 11.1. The van der Waals surface area contributed by atoms with Crippen molar-refractivity contribution in [3.8, 4) is 0 Å². The van der Waals surface area contributed by atoms with Crippen LogP contribution in [0.5, 0.6) is 0 Å². The molecule has 1 aromatic carbocycles. The average molecular weight is 353 g/mol. The maximum absolute atomic E-state index is 12.4. The van der Waals surface area contributed by atoms with Gasteiger partial charge in [-0.1, -0.05) is 12.1 Å². The van der Waals surface area contributed by atoms with E-state index in [9.17, 15) is 4.79 Å². The predicted molar refractivity (Wildman–Crippen MR) is 97.4 cm³/mol. The summed E-state index contributed by atoms with van der Waals surface area (Å²) in [6, 6.07) is 11.6. The van der Waals surface area contributed by atoms with Crippen molar-refractivity contribution in [1.82, 2.24) is 15.2 Å². The normalized spacial score (nSPS) is 16.2. The Morgan fingerprint density at radius 3 is 2.81 bits per heavy atom. The largest absolute Gasteiger partial charge is 0.468 e. The Bertz CT molecular complexity index is 815. The lowest BCUT2D eigenvalue weighted by Gasteiger charge is -2.30. The van der Waals surface area contributed by atoms with Crippen LogP contribution >= 0.6 is 0 Å². The third-order valence-electron chi connectivity index (χ3n) is 4.89. The van der Waals surface area contributed by atoms with Crippen molar-refractivity contribution < 1.29 is 13.6 Å². The number of likely N-dealkylation sites (tertiary alicyclic amines) is 1. The second kappa shape index (κ2) is 7.74. The van der Waals surface area contributed by atoms with Crippen molar-refractivity contribution in [3.63, 3.8) is 0 Å². The molecule has 0 bridgehead atoms. The zero-order chi connectivity index (χ0) is 17.8. The zero-order valence-corrected chi connectivity index (χ0v) is 14.7. The number of oxazole rings is 1. The van der Waals surface area contributed by atoms with Crippen molar-refractivity contribution in [1.29, 1.82) is 0 Å². The second-order valence-electron chi connectivity index (χ2n) is 6.75. The predicted octanol–water partition coefficient (Wildman–Crippen LogP) is 2.99. The molecule has 0 aliphatic carbocycles. The number of benzene rings is 1. The summed E-state index contributed by atoms with van der Waals surface area (Å²) in [5.74, 6) is 1.87. The van der Waals surface area contributed by atoms with Gasteiger partial charge in [0.05, 0.1) is 12.8 Å². The molecule has 0 radical (unpaired) electrons. The topological polar surface area (TPSA) is 71.5 Å². The highest BCUT2D eigenvalue weighted by Crippen LogP contribution is 2.19. The van der Waals surface area contributed by atoms with Crippen molar-refractivity contribution in [2.24, 2.45) is 5.92 Å². The fraction of sp³-hybridized carbons (Fsp3) is 0.400. The number of hydrogen-bond donors (Lipinski definition) is 1. The minimum absolute atomic E-state index is 0.0893. The summed E-state index contributed by atoms with van der Waals surface area (Å²) in [5, 5.41) is 3.03. The van der Waals surface area contributed by atoms with Gasteiger partial charge in [0, 0.05) is 18.9 Å². The van der Waals surface area contributed by atoms with E-state index in [0.717, 1.165) is 49.3 Å². The molecule has 1 N–H and O–H groups in total. The smallest absolute Gasteiger partial charge is 0.223 e. The van der Waals surface area contributed by atoms with Crippen LogP contribution in [0.3, 0.4) is 0 Å².